The monoisotopic (exact) mass is 192 g/mol. The second-order valence-electron chi connectivity index (χ2n) is 3.88. The van der Waals surface area contributed by atoms with Crippen LogP contribution in [0.5, 0.6) is 0 Å². The van der Waals surface area contributed by atoms with Gasteiger partial charge in [0.15, 0.2) is 0 Å². The average Bonchev–Trinajstić information content (AvgIpc) is 2.11. The molecular weight excluding hydrogens is 172 g/mol. The molecule has 2 heteroatoms. The first-order valence-corrected chi connectivity index (χ1v) is 5.53. The van der Waals surface area contributed by atoms with Crippen molar-refractivity contribution in [3.8, 4) is 0 Å². The van der Waals surface area contributed by atoms with Crippen molar-refractivity contribution in [2.45, 2.75) is 52.9 Å². The van der Waals surface area contributed by atoms with Crippen molar-refractivity contribution in [2.75, 3.05) is 0 Å². The molecule has 0 spiro atoms. The quantitative estimate of drug-likeness (QED) is 0.669. The largest absolute Gasteiger partial charge is 0.238 e. The lowest BCUT2D eigenvalue weighted by molar-refractivity contribution is 0.649. The van der Waals surface area contributed by atoms with Gasteiger partial charge in [0.25, 0.3) is 0 Å². The van der Waals surface area contributed by atoms with Gasteiger partial charge in [-0.2, -0.15) is 0 Å². The zero-order chi connectivity index (χ0) is 10.4. The fourth-order valence-electron chi connectivity index (χ4n) is 1.62. The summed E-state index contributed by atoms with van der Waals surface area (Å²) in [6, 6.07) is 2.02. The van der Waals surface area contributed by atoms with E-state index in [9.17, 15) is 0 Å². The number of aryl methyl sites for hydroxylation is 3. The maximum absolute atomic E-state index is 4.42. The minimum absolute atomic E-state index is 1.01. The van der Waals surface area contributed by atoms with Crippen LogP contribution in [0, 0.1) is 13.8 Å². The predicted molar refractivity (Wildman–Crippen MR) is 59.4 cm³/mol. The first-order chi connectivity index (χ1) is 6.72. The van der Waals surface area contributed by atoms with E-state index < -0.39 is 0 Å². The van der Waals surface area contributed by atoms with Crippen LogP contribution in [0.1, 0.15) is 49.8 Å². The smallest absolute Gasteiger partial charge is 0.128 e. The molecule has 0 aliphatic carbocycles. The molecule has 0 unspecified atom stereocenters. The van der Waals surface area contributed by atoms with Crippen LogP contribution >= 0.6 is 0 Å². The SMILES string of the molecule is CCCCCCc1nc(C)cc(C)n1. The van der Waals surface area contributed by atoms with E-state index in [1.54, 1.807) is 0 Å². The first kappa shape index (κ1) is 11.2. The number of hydrogen-bond acceptors (Lipinski definition) is 2. The number of hydrogen-bond donors (Lipinski definition) is 0. The van der Waals surface area contributed by atoms with Crippen molar-refractivity contribution in [3.63, 3.8) is 0 Å². The number of nitrogens with zero attached hydrogens (tertiary/aromatic N) is 2. The molecule has 1 rings (SSSR count). The molecule has 0 aliphatic heterocycles. The fourth-order valence-corrected chi connectivity index (χ4v) is 1.62. The molecule has 0 N–H and O–H groups in total. The third kappa shape index (κ3) is 3.86. The topological polar surface area (TPSA) is 25.8 Å². The van der Waals surface area contributed by atoms with Gasteiger partial charge >= 0.3 is 0 Å². The zero-order valence-electron chi connectivity index (χ0n) is 9.51. The van der Waals surface area contributed by atoms with Crippen LogP contribution in [0.2, 0.25) is 0 Å². The van der Waals surface area contributed by atoms with Gasteiger partial charge in [-0.15, -0.1) is 0 Å². The lowest BCUT2D eigenvalue weighted by Crippen LogP contribution is -1.99. The van der Waals surface area contributed by atoms with Gasteiger partial charge in [0, 0.05) is 17.8 Å². The molecule has 0 bridgehead atoms. The molecule has 0 amide bonds. The first-order valence-electron chi connectivity index (χ1n) is 5.53. The van der Waals surface area contributed by atoms with E-state index in [2.05, 4.69) is 16.9 Å². The molecule has 2 nitrogen and oxygen atoms in total. The molecule has 0 radical (unpaired) electrons. The minimum Gasteiger partial charge on any atom is -0.238 e. The van der Waals surface area contributed by atoms with Crippen molar-refractivity contribution in [3.05, 3.63) is 23.3 Å². The Morgan fingerprint density at radius 3 is 2.21 bits per heavy atom. The van der Waals surface area contributed by atoms with Crippen LogP contribution < -0.4 is 0 Å². The zero-order valence-corrected chi connectivity index (χ0v) is 9.51. The number of unbranched alkanes of at least 4 members (excludes halogenated alkanes) is 3. The molecule has 1 aromatic heterocycles. The van der Waals surface area contributed by atoms with Crippen molar-refractivity contribution < 1.29 is 0 Å². The van der Waals surface area contributed by atoms with E-state index in [0.717, 1.165) is 23.6 Å². The van der Waals surface area contributed by atoms with Crippen LogP contribution in [0.3, 0.4) is 0 Å². The van der Waals surface area contributed by atoms with Gasteiger partial charge in [-0.25, -0.2) is 9.97 Å². The second kappa shape index (κ2) is 5.74. The summed E-state index contributed by atoms with van der Waals surface area (Å²) in [5.74, 6) is 1.01. The summed E-state index contributed by atoms with van der Waals surface area (Å²) in [6.07, 6.45) is 6.16. The predicted octanol–water partition coefficient (Wildman–Crippen LogP) is 3.22. The van der Waals surface area contributed by atoms with E-state index in [1.165, 1.54) is 25.7 Å². The number of aromatic nitrogens is 2. The van der Waals surface area contributed by atoms with Gasteiger partial charge in [-0.3, -0.25) is 0 Å². The standard InChI is InChI=1S/C12H20N2/c1-4-5-6-7-8-12-13-10(2)9-11(3)14-12/h9H,4-8H2,1-3H3. The molecule has 0 atom stereocenters. The molecule has 0 fully saturated rings. The highest BCUT2D eigenvalue weighted by Crippen LogP contribution is 2.05. The Morgan fingerprint density at radius 1 is 1.00 bits per heavy atom. The van der Waals surface area contributed by atoms with Crippen molar-refractivity contribution in [1.29, 1.82) is 0 Å². The van der Waals surface area contributed by atoms with Crippen molar-refractivity contribution in [2.24, 2.45) is 0 Å². The highest BCUT2D eigenvalue weighted by Gasteiger charge is 1.98. The summed E-state index contributed by atoms with van der Waals surface area (Å²) in [4.78, 5) is 8.84. The van der Waals surface area contributed by atoms with Gasteiger partial charge in [-0.1, -0.05) is 26.2 Å². The summed E-state index contributed by atoms with van der Waals surface area (Å²) in [6.45, 7) is 6.29. The summed E-state index contributed by atoms with van der Waals surface area (Å²) < 4.78 is 0. The number of rotatable bonds is 5. The molecule has 0 saturated heterocycles. The van der Waals surface area contributed by atoms with Crippen LogP contribution in [-0.4, -0.2) is 9.97 Å². The van der Waals surface area contributed by atoms with Gasteiger partial charge in [0.2, 0.25) is 0 Å². The fraction of sp³-hybridized carbons (Fsp3) is 0.667. The Hall–Kier alpha value is -0.920. The summed E-state index contributed by atoms with van der Waals surface area (Å²) >= 11 is 0. The van der Waals surface area contributed by atoms with E-state index in [0.29, 0.717) is 0 Å². The van der Waals surface area contributed by atoms with Crippen LogP contribution in [0.15, 0.2) is 6.07 Å². The van der Waals surface area contributed by atoms with Crippen LogP contribution in [0.4, 0.5) is 0 Å². The summed E-state index contributed by atoms with van der Waals surface area (Å²) in [7, 11) is 0. The highest BCUT2D eigenvalue weighted by molar-refractivity contribution is 5.08. The van der Waals surface area contributed by atoms with E-state index in [1.807, 2.05) is 19.9 Å². The van der Waals surface area contributed by atoms with Gasteiger partial charge < -0.3 is 0 Å². The molecule has 1 aromatic rings. The maximum Gasteiger partial charge on any atom is 0.128 e. The third-order valence-electron chi connectivity index (χ3n) is 2.28. The Labute approximate surface area is 86.8 Å². The second-order valence-corrected chi connectivity index (χ2v) is 3.88. The average molecular weight is 192 g/mol. The summed E-state index contributed by atoms with van der Waals surface area (Å²) in [5, 5.41) is 0. The van der Waals surface area contributed by atoms with Crippen LogP contribution in [0.25, 0.3) is 0 Å². The molecule has 0 saturated carbocycles. The van der Waals surface area contributed by atoms with Gasteiger partial charge in [0.05, 0.1) is 0 Å². The molecular formula is C12H20N2. The Balaban J connectivity index is 2.42. The Kier molecular flexibility index (Phi) is 4.57. The van der Waals surface area contributed by atoms with Gasteiger partial charge in [-0.05, 0) is 26.3 Å². The lowest BCUT2D eigenvalue weighted by atomic mass is 10.1. The van der Waals surface area contributed by atoms with Crippen LogP contribution in [-0.2, 0) is 6.42 Å². The highest BCUT2D eigenvalue weighted by atomic mass is 14.9. The van der Waals surface area contributed by atoms with Crippen molar-refractivity contribution in [1.82, 2.24) is 9.97 Å². The normalized spacial score (nSPS) is 10.5. The lowest BCUT2D eigenvalue weighted by Gasteiger charge is -2.02. The van der Waals surface area contributed by atoms with E-state index >= 15 is 0 Å². The van der Waals surface area contributed by atoms with Crippen molar-refractivity contribution >= 4 is 0 Å². The molecule has 0 aliphatic rings. The van der Waals surface area contributed by atoms with E-state index in [4.69, 9.17) is 0 Å². The maximum atomic E-state index is 4.42. The minimum atomic E-state index is 1.01. The Morgan fingerprint density at radius 2 is 1.64 bits per heavy atom. The Bertz CT molecular complexity index is 261. The molecule has 0 aromatic carbocycles. The molecule has 78 valence electrons. The molecule has 1 heterocycles. The van der Waals surface area contributed by atoms with E-state index in [-0.39, 0.29) is 0 Å². The molecule has 14 heavy (non-hydrogen) atoms. The third-order valence-corrected chi connectivity index (χ3v) is 2.28. The van der Waals surface area contributed by atoms with Gasteiger partial charge in [0.1, 0.15) is 5.82 Å². The summed E-state index contributed by atoms with van der Waals surface area (Å²) in [5.41, 5.74) is 2.17.